The molecule has 2 aromatic carbocycles. The average molecular weight is 394 g/mol. The van der Waals surface area contributed by atoms with Crippen molar-refractivity contribution in [3.05, 3.63) is 71.7 Å². The van der Waals surface area contributed by atoms with Crippen LogP contribution in [-0.2, 0) is 0 Å². The minimum atomic E-state index is -0.350. The van der Waals surface area contributed by atoms with E-state index in [0.717, 1.165) is 48.3 Å². The summed E-state index contributed by atoms with van der Waals surface area (Å²) in [4.78, 5) is 14.5. The Labute approximate surface area is 168 Å². The van der Waals surface area contributed by atoms with Crippen LogP contribution in [-0.4, -0.2) is 44.1 Å². The number of nitrogens with zero attached hydrogens (tertiary/aromatic N) is 1. The number of carbonyl (C=O) groups is 1. The van der Waals surface area contributed by atoms with E-state index in [1.54, 1.807) is 13.4 Å². The van der Waals surface area contributed by atoms with E-state index in [9.17, 15) is 9.18 Å². The van der Waals surface area contributed by atoms with Gasteiger partial charge in [0.15, 0.2) is 0 Å². The van der Waals surface area contributed by atoms with Gasteiger partial charge in [0.1, 0.15) is 17.1 Å². The molecule has 6 heteroatoms. The first kappa shape index (κ1) is 19.2. The van der Waals surface area contributed by atoms with Gasteiger partial charge in [-0.3, -0.25) is 9.69 Å². The van der Waals surface area contributed by atoms with Crippen molar-refractivity contribution in [3.63, 3.8) is 0 Å². The molecular weight excluding hydrogens is 371 g/mol. The molecule has 0 saturated heterocycles. The normalized spacial score (nSPS) is 14.6. The standard InChI is InChI=1S/C23H23FN2O3/c1-28-20-13-17-8-12-29-22(17)21(14-20)18-3-2-10-26(15-18)11-9-25-23(27)16-4-6-19(24)7-5-16/h3-8,12-14H,2,9-11,15H2,1H3,(H,25,27). The van der Waals surface area contributed by atoms with E-state index < -0.39 is 0 Å². The van der Waals surface area contributed by atoms with E-state index in [4.69, 9.17) is 9.15 Å². The molecular formula is C23H23FN2O3. The zero-order valence-electron chi connectivity index (χ0n) is 16.3. The molecule has 0 unspecified atom stereocenters. The van der Waals surface area contributed by atoms with Crippen LogP contribution in [0.3, 0.4) is 0 Å². The first-order valence-electron chi connectivity index (χ1n) is 9.65. The molecule has 2 heterocycles. The molecule has 1 aliphatic rings. The second-order valence-electron chi connectivity index (χ2n) is 7.07. The Morgan fingerprint density at radius 3 is 2.86 bits per heavy atom. The lowest BCUT2D eigenvalue weighted by Gasteiger charge is -2.27. The van der Waals surface area contributed by atoms with Gasteiger partial charge in [-0.15, -0.1) is 0 Å². The van der Waals surface area contributed by atoms with Gasteiger partial charge in [-0.1, -0.05) is 6.08 Å². The van der Waals surface area contributed by atoms with E-state index in [-0.39, 0.29) is 11.7 Å². The summed E-state index contributed by atoms with van der Waals surface area (Å²) < 4.78 is 24.1. The van der Waals surface area contributed by atoms with Crippen LogP contribution in [0.1, 0.15) is 22.3 Å². The summed E-state index contributed by atoms with van der Waals surface area (Å²) in [5.41, 5.74) is 3.56. The Morgan fingerprint density at radius 1 is 1.24 bits per heavy atom. The molecule has 1 amide bonds. The van der Waals surface area contributed by atoms with Crippen LogP contribution in [0.15, 0.2) is 59.2 Å². The molecule has 1 aliphatic heterocycles. The number of carbonyl (C=O) groups excluding carboxylic acids is 1. The number of ether oxygens (including phenoxy) is 1. The summed E-state index contributed by atoms with van der Waals surface area (Å²) in [5.74, 6) is 0.263. The van der Waals surface area contributed by atoms with E-state index in [1.807, 2.05) is 18.2 Å². The Kier molecular flexibility index (Phi) is 5.62. The fourth-order valence-electron chi connectivity index (χ4n) is 3.63. The summed E-state index contributed by atoms with van der Waals surface area (Å²) in [6.45, 7) is 2.96. The van der Waals surface area contributed by atoms with Crippen molar-refractivity contribution >= 4 is 22.4 Å². The molecule has 3 aromatic rings. The average Bonchev–Trinajstić information content (AvgIpc) is 3.22. The fraction of sp³-hybridized carbons (Fsp3) is 0.261. The lowest BCUT2D eigenvalue weighted by atomic mass is 9.99. The van der Waals surface area contributed by atoms with Gasteiger partial charge in [0.25, 0.3) is 5.91 Å². The molecule has 29 heavy (non-hydrogen) atoms. The SMILES string of the molecule is COc1cc(C2=CCCN(CCNC(=O)c3ccc(F)cc3)C2)c2occc2c1. The van der Waals surface area contributed by atoms with E-state index in [0.29, 0.717) is 12.1 Å². The molecule has 0 radical (unpaired) electrons. The minimum absolute atomic E-state index is 0.192. The van der Waals surface area contributed by atoms with Crippen molar-refractivity contribution in [2.24, 2.45) is 0 Å². The number of benzene rings is 2. The van der Waals surface area contributed by atoms with Gasteiger partial charge in [-0.05, 0) is 54.5 Å². The molecule has 1 N–H and O–H groups in total. The summed E-state index contributed by atoms with van der Waals surface area (Å²) in [7, 11) is 1.66. The van der Waals surface area contributed by atoms with Crippen LogP contribution in [0, 0.1) is 5.82 Å². The number of hydrogen-bond donors (Lipinski definition) is 1. The number of halogens is 1. The molecule has 0 spiro atoms. The van der Waals surface area contributed by atoms with Gasteiger partial charge in [0, 0.05) is 42.7 Å². The highest BCUT2D eigenvalue weighted by Crippen LogP contribution is 2.32. The summed E-state index contributed by atoms with van der Waals surface area (Å²) >= 11 is 0. The molecule has 0 aliphatic carbocycles. The number of hydrogen-bond acceptors (Lipinski definition) is 4. The Hall–Kier alpha value is -3.12. The highest BCUT2D eigenvalue weighted by molar-refractivity contribution is 5.94. The predicted molar refractivity (Wildman–Crippen MR) is 111 cm³/mol. The van der Waals surface area contributed by atoms with Crippen molar-refractivity contribution in [2.45, 2.75) is 6.42 Å². The largest absolute Gasteiger partial charge is 0.497 e. The minimum Gasteiger partial charge on any atom is -0.497 e. The molecule has 0 bridgehead atoms. The molecule has 1 aromatic heterocycles. The molecule has 0 saturated carbocycles. The third-order valence-corrected chi connectivity index (χ3v) is 5.16. The third kappa shape index (κ3) is 4.32. The second-order valence-corrected chi connectivity index (χ2v) is 7.07. The van der Waals surface area contributed by atoms with Gasteiger partial charge in [0.2, 0.25) is 0 Å². The number of rotatable bonds is 6. The number of nitrogens with one attached hydrogen (secondary N) is 1. The number of amides is 1. The van der Waals surface area contributed by atoms with Crippen LogP contribution in [0.25, 0.3) is 16.5 Å². The Balaban J connectivity index is 1.39. The van der Waals surface area contributed by atoms with Crippen LogP contribution >= 0.6 is 0 Å². The van der Waals surface area contributed by atoms with Crippen LogP contribution in [0.5, 0.6) is 5.75 Å². The molecule has 5 nitrogen and oxygen atoms in total. The summed E-state index contributed by atoms with van der Waals surface area (Å²) in [6.07, 6.45) is 4.87. The van der Waals surface area contributed by atoms with Gasteiger partial charge in [-0.2, -0.15) is 0 Å². The fourth-order valence-corrected chi connectivity index (χ4v) is 3.63. The smallest absolute Gasteiger partial charge is 0.251 e. The summed E-state index contributed by atoms with van der Waals surface area (Å²) in [6, 6.07) is 11.5. The van der Waals surface area contributed by atoms with E-state index in [1.165, 1.54) is 29.8 Å². The molecule has 0 atom stereocenters. The van der Waals surface area contributed by atoms with Crippen LogP contribution in [0.2, 0.25) is 0 Å². The second kappa shape index (κ2) is 8.49. The van der Waals surface area contributed by atoms with E-state index in [2.05, 4.69) is 16.3 Å². The predicted octanol–water partition coefficient (Wildman–Crippen LogP) is 4.10. The van der Waals surface area contributed by atoms with Crippen molar-refractivity contribution in [2.75, 3.05) is 33.3 Å². The first-order chi connectivity index (χ1) is 14.1. The van der Waals surface area contributed by atoms with Crippen LogP contribution < -0.4 is 10.1 Å². The Morgan fingerprint density at radius 2 is 2.07 bits per heavy atom. The Bertz CT molecular complexity index is 1040. The maximum Gasteiger partial charge on any atom is 0.251 e. The van der Waals surface area contributed by atoms with Crippen molar-refractivity contribution in [3.8, 4) is 5.75 Å². The maximum atomic E-state index is 13.0. The monoisotopic (exact) mass is 394 g/mol. The molecule has 150 valence electrons. The van der Waals surface area contributed by atoms with Gasteiger partial charge in [-0.25, -0.2) is 4.39 Å². The lowest BCUT2D eigenvalue weighted by molar-refractivity contribution is 0.0949. The van der Waals surface area contributed by atoms with E-state index >= 15 is 0 Å². The quantitative estimate of drug-likeness (QED) is 0.684. The number of furan rings is 1. The molecule has 4 rings (SSSR count). The zero-order valence-corrected chi connectivity index (χ0v) is 16.3. The van der Waals surface area contributed by atoms with Crippen molar-refractivity contribution < 1.29 is 18.3 Å². The topological polar surface area (TPSA) is 54.7 Å². The third-order valence-electron chi connectivity index (χ3n) is 5.16. The number of fused-ring (bicyclic) bond motifs is 1. The highest BCUT2D eigenvalue weighted by atomic mass is 19.1. The lowest BCUT2D eigenvalue weighted by Crippen LogP contribution is -2.37. The van der Waals surface area contributed by atoms with Crippen molar-refractivity contribution in [1.82, 2.24) is 10.2 Å². The van der Waals surface area contributed by atoms with Crippen molar-refractivity contribution in [1.29, 1.82) is 0 Å². The first-order valence-corrected chi connectivity index (χ1v) is 9.65. The maximum absolute atomic E-state index is 13.0. The van der Waals surface area contributed by atoms with Gasteiger partial charge >= 0.3 is 0 Å². The summed E-state index contributed by atoms with van der Waals surface area (Å²) in [5, 5.41) is 3.92. The highest BCUT2D eigenvalue weighted by Gasteiger charge is 2.18. The zero-order chi connectivity index (χ0) is 20.2. The molecule has 0 fully saturated rings. The van der Waals surface area contributed by atoms with Crippen LogP contribution in [0.4, 0.5) is 4.39 Å². The number of methoxy groups -OCH3 is 1. The van der Waals surface area contributed by atoms with Gasteiger partial charge in [0.05, 0.1) is 13.4 Å². The van der Waals surface area contributed by atoms with Gasteiger partial charge < -0.3 is 14.5 Å².